The predicted molar refractivity (Wildman–Crippen MR) is 148 cm³/mol. The van der Waals surface area contributed by atoms with Crippen LogP contribution in [0.15, 0.2) is 77.9 Å². The second kappa shape index (κ2) is 14.8. The third kappa shape index (κ3) is 9.63. The highest BCUT2D eigenvalue weighted by Gasteiger charge is 2.25. The lowest BCUT2D eigenvalue weighted by molar-refractivity contribution is -0.142. The number of halogens is 2. The number of esters is 1. The smallest absolute Gasteiger partial charge is 0.343 e. The van der Waals surface area contributed by atoms with E-state index in [0.717, 1.165) is 5.56 Å². The molecule has 3 aromatic carbocycles. The number of hydrogen-bond donors (Lipinski definition) is 2. The number of carbonyl (C=O) groups is 3. The van der Waals surface area contributed by atoms with Gasteiger partial charge in [0.1, 0.15) is 17.5 Å². The molecule has 2 amide bonds. The molecule has 2 N–H and O–H groups in total. The van der Waals surface area contributed by atoms with Crippen molar-refractivity contribution in [2.45, 2.75) is 25.5 Å². The lowest BCUT2D eigenvalue weighted by atomic mass is 10.1. The van der Waals surface area contributed by atoms with Crippen molar-refractivity contribution in [3.8, 4) is 11.5 Å². The molecule has 0 saturated heterocycles. The van der Waals surface area contributed by atoms with Crippen LogP contribution in [0.5, 0.6) is 11.5 Å². The van der Waals surface area contributed by atoms with Crippen molar-refractivity contribution in [2.75, 3.05) is 13.7 Å². The predicted octanol–water partition coefficient (Wildman–Crippen LogP) is 4.19. The summed E-state index contributed by atoms with van der Waals surface area (Å²) in [6.07, 6.45) is 0.727. The fourth-order valence-corrected chi connectivity index (χ4v) is 3.72. The van der Waals surface area contributed by atoms with E-state index in [1.165, 1.54) is 19.4 Å². The van der Waals surface area contributed by atoms with Gasteiger partial charge in [-0.3, -0.25) is 9.59 Å². The van der Waals surface area contributed by atoms with Crippen LogP contribution in [0, 0.1) is 0 Å². The molecule has 39 heavy (non-hydrogen) atoms. The van der Waals surface area contributed by atoms with E-state index in [-0.39, 0.29) is 18.1 Å². The van der Waals surface area contributed by atoms with Gasteiger partial charge in [0, 0.05) is 11.4 Å². The summed E-state index contributed by atoms with van der Waals surface area (Å²) in [4.78, 5) is 37.1. The number of hydrazone groups is 1. The normalized spacial score (nSPS) is 12.3. The van der Waals surface area contributed by atoms with Crippen LogP contribution in [-0.2, 0) is 25.5 Å². The van der Waals surface area contributed by atoms with E-state index in [9.17, 15) is 14.4 Å². The molecule has 0 unspecified atom stereocenters. The average molecular weight is 572 g/mol. The zero-order valence-corrected chi connectivity index (χ0v) is 22.7. The standard InChI is InChI=1S/C28H27Cl2N3O6/c1-18(39-25-13-10-21(29)15-23(25)30)27(35)32-24(14-19-6-4-3-5-7-19)28(36)33-31-16-20-8-11-22(12-9-20)38-17-26(34)37-2/h3-13,15-16,18,24H,14,17H2,1-2H3,(H,32,35)(H,33,36)/b31-16-/t18-,24+/m0/s1. The SMILES string of the molecule is COC(=O)COc1ccc(/C=N\NC(=O)[C@@H](Cc2ccccc2)NC(=O)[C@H](C)Oc2ccc(Cl)cc2Cl)cc1. The lowest BCUT2D eigenvalue weighted by Gasteiger charge is -2.21. The number of hydrogen-bond acceptors (Lipinski definition) is 7. The fraction of sp³-hybridized carbons (Fsp3) is 0.214. The first-order valence-electron chi connectivity index (χ1n) is 11.8. The summed E-state index contributed by atoms with van der Waals surface area (Å²) in [7, 11) is 1.28. The number of benzene rings is 3. The summed E-state index contributed by atoms with van der Waals surface area (Å²) < 4.78 is 15.5. The van der Waals surface area contributed by atoms with Gasteiger partial charge >= 0.3 is 5.97 Å². The van der Waals surface area contributed by atoms with E-state index in [2.05, 4.69) is 20.6 Å². The van der Waals surface area contributed by atoms with Gasteiger partial charge in [-0.15, -0.1) is 0 Å². The fourth-order valence-electron chi connectivity index (χ4n) is 3.26. The van der Waals surface area contributed by atoms with Crippen molar-refractivity contribution < 1.29 is 28.6 Å². The highest BCUT2D eigenvalue weighted by molar-refractivity contribution is 6.35. The Hall–Kier alpha value is -4.08. The van der Waals surface area contributed by atoms with Crippen molar-refractivity contribution >= 4 is 47.2 Å². The van der Waals surface area contributed by atoms with E-state index in [0.29, 0.717) is 22.1 Å². The number of amides is 2. The summed E-state index contributed by atoms with van der Waals surface area (Å²) in [5, 5.41) is 7.44. The second-order valence-corrected chi connectivity index (χ2v) is 9.10. The molecule has 0 spiro atoms. The molecule has 0 fully saturated rings. The Morgan fingerprint density at radius 2 is 1.69 bits per heavy atom. The van der Waals surface area contributed by atoms with Crippen molar-refractivity contribution in [1.82, 2.24) is 10.7 Å². The van der Waals surface area contributed by atoms with Gasteiger partial charge in [0.25, 0.3) is 11.8 Å². The quantitative estimate of drug-likeness (QED) is 0.191. The molecule has 2 atom stereocenters. The molecule has 11 heteroatoms. The maximum atomic E-state index is 13.0. The molecule has 204 valence electrons. The molecule has 0 radical (unpaired) electrons. The zero-order chi connectivity index (χ0) is 28.2. The molecule has 0 aliphatic heterocycles. The first-order valence-corrected chi connectivity index (χ1v) is 12.6. The minimum absolute atomic E-state index is 0.203. The van der Waals surface area contributed by atoms with Crippen molar-refractivity contribution in [1.29, 1.82) is 0 Å². The Morgan fingerprint density at radius 1 is 0.974 bits per heavy atom. The number of rotatable bonds is 12. The number of nitrogens with zero attached hydrogens (tertiary/aromatic N) is 1. The van der Waals surface area contributed by atoms with Gasteiger partial charge in [0.15, 0.2) is 12.7 Å². The van der Waals surface area contributed by atoms with E-state index in [4.69, 9.17) is 32.7 Å². The first-order chi connectivity index (χ1) is 18.7. The molecule has 9 nitrogen and oxygen atoms in total. The van der Waals surface area contributed by atoms with Gasteiger partial charge in [0.2, 0.25) is 0 Å². The van der Waals surface area contributed by atoms with Gasteiger partial charge in [-0.05, 0) is 60.5 Å². The largest absolute Gasteiger partial charge is 0.482 e. The van der Waals surface area contributed by atoms with Crippen LogP contribution in [0.25, 0.3) is 0 Å². The number of nitrogens with one attached hydrogen (secondary N) is 2. The van der Waals surface area contributed by atoms with Gasteiger partial charge < -0.3 is 19.5 Å². The highest BCUT2D eigenvalue weighted by atomic mass is 35.5. The maximum Gasteiger partial charge on any atom is 0.343 e. The van der Waals surface area contributed by atoms with Gasteiger partial charge in [-0.1, -0.05) is 53.5 Å². The van der Waals surface area contributed by atoms with Crippen LogP contribution in [-0.4, -0.2) is 49.9 Å². The van der Waals surface area contributed by atoms with Crippen LogP contribution in [0.2, 0.25) is 10.0 Å². The van der Waals surface area contributed by atoms with E-state index >= 15 is 0 Å². The van der Waals surface area contributed by atoms with Crippen LogP contribution in [0.1, 0.15) is 18.1 Å². The molecule has 0 aromatic heterocycles. The van der Waals surface area contributed by atoms with Crippen molar-refractivity contribution in [3.05, 3.63) is 94.0 Å². The van der Waals surface area contributed by atoms with E-state index in [1.807, 2.05) is 30.3 Å². The Bertz CT molecular complexity index is 1300. The Kier molecular flexibility index (Phi) is 11.1. The number of ether oxygens (including phenoxy) is 3. The summed E-state index contributed by atoms with van der Waals surface area (Å²) in [6, 6.07) is 19.7. The number of methoxy groups -OCH3 is 1. The third-order valence-corrected chi connectivity index (χ3v) is 5.87. The topological polar surface area (TPSA) is 115 Å². The summed E-state index contributed by atoms with van der Waals surface area (Å²) in [6.45, 7) is 1.35. The minimum Gasteiger partial charge on any atom is -0.482 e. The lowest BCUT2D eigenvalue weighted by Crippen LogP contribution is -2.50. The monoisotopic (exact) mass is 571 g/mol. The molecule has 3 aromatic rings. The minimum atomic E-state index is -0.946. The van der Waals surface area contributed by atoms with E-state index < -0.39 is 29.9 Å². The van der Waals surface area contributed by atoms with Gasteiger partial charge in [-0.2, -0.15) is 5.10 Å². The molecule has 0 aliphatic rings. The maximum absolute atomic E-state index is 13.0. The average Bonchev–Trinajstić information content (AvgIpc) is 2.93. The number of carbonyl (C=O) groups excluding carboxylic acids is 3. The molecule has 0 aliphatic carbocycles. The first kappa shape index (κ1) is 29.5. The van der Waals surface area contributed by atoms with Crippen molar-refractivity contribution in [2.24, 2.45) is 5.10 Å². The van der Waals surface area contributed by atoms with Crippen LogP contribution in [0.4, 0.5) is 0 Å². The molecular weight excluding hydrogens is 545 g/mol. The van der Waals surface area contributed by atoms with Crippen LogP contribution < -0.4 is 20.2 Å². The Labute approximate surface area is 236 Å². The summed E-state index contributed by atoms with van der Waals surface area (Å²) >= 11 is 12.1. The third-order valence-electron chi connectivity index (χ3n) is 5.34. The van der Waals surface area contributed by atoms with E-state index in [1.54, 1.807) is 43.3 Å². The Balaban J connectivity index is 1.63. The summed E-state index contributed by atoms with van der Waals surface area (Å²) in [5.74, 6) is -0.750. The van der Waals surface area contributed by atoms with Gasteiger partial charge in [-0.25, -0.2) is 10.2 Å². The molecular formula is C28H27Cl2N3O6. The summed E-state index contributed by atoms with van der Waals surface area (Å²) in [5.41, 5.74) is 3.99. The molecule has 0 bridgehead atoms. The van der Waals surface area contributed by atoms with Crippen LogP contribution >= 0.6 is 23.2 Å². The molecule has 0 saturated carbocycles. The van der Waals surface area contributed by atoms with Crippen LogP contribution in [0.3, 0.4) is 0 Å². The Morgan fingerprint density at radius 3 is 2.36 bits per heavy atom. The zero-order valence-electron chi connectivity index (χ0n) is 21.2. The van der Waals surface area contributed by atoms with Gasteiger partial charge in [0.05, 0.1) is 18.3 Å². The molecule has 0 heterocycles. The second-order valence-electron chi connectivity index (χ2n) is 8.25. The highest BCUT2D eigenvalue weighted by Crippen LogP contribution is 2.28. The molecule has 3 rings (SSSR count). The van der Waals surface area contributed by atoms with Crippen molar-refractivity contribution in [3.63, 3.8) is 0 Å².